The largest absolute Gasteiger partial charge is 0.456 e. The average Bonchev–Trinajstić information content (AvgIpc) is 2.99. The second-order valence-corrected chi connectivity index (χ2v) is 8.36. The van der Waals surface area contributed by atoms with Gasteiger partial charge in [-0.3, -0.25) is 9.59 Å². The number of anilines is 1. The molecule has 2 aromatic rings. The Hall–Kier alpha value is -2.71. The van der Waals surface area contributed by atoms with Gasteiger partial charge in [0.1, 0.15) is 0 Å². The molecular formula is C20H22N2O5S. The van der Waals surface area contributed by atoms with Crippen molar-refractivity contribution < 1.29 is 22.7 Å². The van der Waals surface area contributed by atoms with Gasteiger partial charge in [0, 0.05) is 18.2 Å². The number of rotatable bonds is 6. The quantitative estimate of drug-likeness (QED) is 0.742. The maximum atomic E-state index is 12.6. The fourth-order valence-corrected chi connectivity index (χ4v) is 3.90. The SMILES string of the molecule is CC1Cc2cc(S(N)(=O)=O)ccc2N1C(=O)COC(=O)CCc1ccccc1. The van der Waals surface area contributed by atoms with Crippen LogP contribution in [0, 0.1) is 0 Å². The van der Waals surface area contributed by atoms with E-state index in [-0.39, 0.29) is 29.9 Å². The van der Waals surface area contributed by atoms with Crippen LogP contribution >= 0.6 is 0 Å². The van der Waals surface area contributed by atoms with Crippen LogP contribution in [-0.4, -0.2) is 32.9 Å². The van der Waals surface area contributed by atoms with Crippen molar-refractivity contribution in [3.05, 3.63) is 59.7 Å². The summed E-state index contributed by atoms with van der Waals surface area (Å²) in [5.41, 5.74) is 2.37. The topological polar surface area (TPSA) is 107 Å². The molecule has 8 heteroatoms. The van der Waals surface area contributed by atoms with Crippen molar-refractivity contribution in [2.24, 2.45) is 5.14 Å². The molecule has 0 aliphatic carbocycles. The van der Waals surface area contributed by atoms with Gasteiger partial charge in [-0.2, -0.15) is 0 Å². The van der Waals surface area contributed by atoms with E-state index in [9.17, 15) is 18.0 Å². The number of primary sulfonamides is 1. The van der Waals surface area contributed by atoms with Crippen molar-refractivity contribution in [2.45, 2.75) is 37.1 Å². The van der Waals surface area contributed by atoms with Crippen LogP contribution in [0.5, 0.6) is 0 Å². The minimum atomic E-state index is -3.80. The molecule has 0 radical (unpaired) electrons. The Morgan fingerprint density at radius 1 is 1.18 bits per heavy atom. The predicted molar refractivity (Wildman–Crippen MR) is 104 cm³/mol. The first kappa shape index (κ1) is 20.0. The molecule has 2 N–H and O–H groups in total. The van der Waals surface area contributed by atoms with Crippen LogP contribution in [0.25, 0.3) is 0 Å². The summed E-state index contributed by atoms with van der Waals surface area (Å²) in [6.07, 6.45) is 1.25. The van der Waals surface area contributed by atoms with E-state index in [0.29, 0.717) is 18.5 Å². The number of sulfonamides is 1. The standard InChI is InChI=1S/C20H22N2O5S/c1-14-11-16-12-17(28(21,25)26)8-9-18(16)22(14)19(23)13-27-20(24)10-7-15-5-3-2-4-6-15/h2-6,8-9,12,14H,7,10-11,13H2,1H3,(H2,21,25,26). The fourth-order valence-electron chi connectivity index (χ4n) is 3.34. The first-order chi connectivity index (χ1) is 13.3. The Bertz CT molecular complexity index is 989. The van der Waals surface area contributed by atoms with E-state index in [1.54, 1.807) is 6.07 Å². The number of aryl methyl sites for hydroxylation is 1. The first-order valence-electron chi connectivity index (χ1n) is 8.93. The van der Waals surface area contributed by atoms with E-state index in [0.717, 1.165) is 11.1 Å². The number of hydrogen-bond acceptors (Lipinski definition) is 5. The molecule has 3 rings (SSSR count). The minimum absolute atomic E-state index is 0.0140. The third-order valence-corrected chi connectivity index (χ3v) is 5.59. The molecule has 148 valence electrons. The number of hydrogen-bond donors (Lipinski definition) is 1. The van der Waals surface area contributed by atoms with Gasteiger partial charge in [-0.05, 0) is 49.1 Å². The van der Waals surface area contributed by atoms with Crippen molar-refractivity contribution in [1.29, 1.82) is 0 Å². The predicted octanol–water partition coefficient (Wildman–Crippen LogP) is 1.79. The highest BCUT2D eigenvalue weighted by Crippen LogP contribution is 2.33. The molecule has 1 heterocycles. The molecule has 0 saturated carbocycles. The fraction of sp³-hybridized carbons (Fsp3) is 0.300. The maximum absolute atomic E-state index is 12.6. The molecule has 0 bridgehead atoms. The number of amides is 1. The smallest absolute Gasteiger partial charge is 0.306 e. The van der Waals surface area contributed by atoms with E-state index >= 15 is 0 Å². The molecule has 1 amide bonds. The molecule has 0 spiro atoms. The minimum Gasteiger partial charge on any atom is -0.456 e. The molecule has 0 aromatic heterocycles. The lowest BCUT2D eigenvalue weighted by Gasteiger charge is -2.22. The van der Waals surface area contributed by atoms with Crippen LogP contribution in [0.15, 0.2) is 53.4 Å². The zero-order chi connectivity index (χ0) is 20.3. The molecule has 2 aromatic carbocycles. The highest BCUT2D eigenvalue weighted by molar-refractivity contribution is 7.89. The second-order valence-electron chi connectivity index (χ2n) is 6.80. The van der Waals surface area contributed by atoms with Crippen LogP contribution < -0.4 is 10.0 Å². The third-order valence-electron chi connectivity index (χ3n) is 4.68. The van der Waals surface area contributed by atoms with Crippen molar-refractivity contribution >= 4 is 27.6 Å². The molecule has 1 atom stereocenters. The van der Waals surface area contributed by atoms with Crippen LogP contribution in [0.2, 0.25) is 0 Å². The van der Waals surface area contributed by atoms with Gasteiger partial charge in [0.15, 0.2) is 6.61 Å². The van der Waals surface area contributed by atoms with Crippen molar-refractivity contribution in [1.82, 2.24) is 0 Å². The van der Waals surface area contributed by atoms with Crippen molar-refractivity contribution in [3.8, 4) is 0 Å². The Kier molecular flexibility index (Phi) is 5.81. The summed E-state index contributed by atoms with van der Waals surface area (Å²) in [6, 6.07) is 13.8. The van der Waals surface area contributed by atoms with Crippen LogP contribution in [-0.2, 0) is 37.2 Å². The molecule has 1 unspecified atom stereocenters. The Morgan fingerprint density at radius 3 is 2.57 bits per heavy atom. The van der Waals surface area contributed by atoms with E-state index < -0.39 is 16.0 Å². The normalized spacial score (nSPS) is 15.9. The van der Waals surface area contributed by atoms with Gasteiger partial charge in [0.05, 0.1) is 4.90 Å². The Labute approximate surface area is 164 Å². The van der Waals surface area contributed by atoms with E-state index in [4.69, 9.17) is 9.88 Å². The molecular weight excluding hydrogens is 380 g/mol. The summed E-state index contributed by atoms with van der Waals surface area (Å²) >= 11 is 0. The monoisotopic (exact) mass is 402 g/mol. The van der Waals surface area contributed by atoms with Gasteiger partial charge in [-0.15, -0.1) is 0 Å². The lowest BCUT2D eigenvalue weighted by Crippen LogP contribution is -2.38. The summed E-state index contributed by atoms with van der Waals surface area (Å²) in [6.45, 7) is 1.50. The maximum Gasteiger partial charge on any atom is 0.306 e. The van der Waals surface area contributed by atoms with Gasteiger partial charge in [0.25, 0.3) is 5.91 Å². The number of carbonyl (C=O) groups excluding carboxylic acids is 2. The van der Waals surface area contributed by atoms with Crippen LogP contribution in [0.4, 0.5) is 5.69 Å². The molecule has 0 saturated heterocycles. The zero-order valence-electron chi connectivity index (χ0n) is 15.5. The highest BCUT2D eigenvalue weighted by Gasteiger charge is 2.32. The number of fused-ring (bicyclic) bond motifs is 1. The van der Waals surface area contributed by atoms with Gasteiger partial charge in [0.2, 0.25) is 10.0 Å². The Balaban J connectivity index is 1.60. The van der Waals surface area contributed by atoms with E-state index in [2.05, 4.69) is 0 Å². The van der Waals surface area contributed by atoms with Gasteiger partial charge in [-0.25, -0.2) is 13.6 Å². The molecule has 28 heavy (non-hydrogen) atoms. The second kappa shape index (κ2) is 8.12. The van der Waals surface area contributed by atoms with Gasteiger partial charge in [-0.1, -0.05) is 30.3 Å². The first-order valence-corrected chi connectivity index (χ1v) is 10.5. The number of benzene rings is 2. The lowest BCUT2D eigenvalue weighted by molar-refractivity contribution is -0.147. The summed E-state index contributed by atoms with van der Waals surface area (Å²) < 4.78 is 28.2. The third kappa shape index (κ3) is 4.58. The number of nitrogens with zero attached hydrogens (tertiary/aromatic N) is 1. The van der Waals surface area contributed by atoms with Crippen molar-refractivity contribution in [2.75, 3.05) is 11.5 Å². The summed E-state index contributed by atoms with van der Waals surface area (Å²) in [5, 5.41) is 5.17. The average molecular weight is 402 g/mol. The van der Waals surface area contributed by atoms with E-state index in [1.807, 2.05) is 37.3 Å². The van der Waals surface area contributed by atoms with E-state index in [1.165, 1.54) is 17.0 Å². The molecule has 1 aliphatic heterocycles. The van der Waals surface area contributed by atoms with Gasteiger partial charge < -0.3 is 9.64 Å². The molecule has 7 nitrogen and oxygen atoms in total. The lowest BCUT2D eigenvalue weighted by atomic mass is 10.1. The number of nitrogens with two attached hydrogens (primary N) is 1. The Morgan fingerprint density at radius 2 is 1.89 bits per heavy atom. The molecule has 0 fully saturated rings. The number of ether oxygens (including phenoxy) is 1. The van der Waals surface area contributed by atoms with Crippen molar-refractivity contribution in [3.63, 3.8) is 0 Å². The molecule has 1 aliphatic rings. The van der Waals surface area contributed by atoms with Crippen LogP contribution in [0.3, 0.4) is 0 Å². The summed E-state index contributed by atoms with van der Waals surface area (Å²) in [5.74, 6) is -0.781. The van der Waals surface area contributed by atoms with Gasteiger partial charge >= 0.3 is 5.97 Å². The summed E-state index contributed by atoms with van der Waals surface area (Å²) in [7, 11) is -3.80. The number of esters is 1. The highest BCUT2D eigenvalue weighted by atomic mass is 32.2. The summed E-state index contributed by atoms with van der Waals surface area (Å²) in [4.78, 5) is 26.1. The number of carbonyl (C=O) groups is 2. The van der Waals surface area contributed by atoms with Crippen LogP contribution in [0.1, 0.15) is 24.5 Å². The zero-order valence-corrected chi connectivity index (χ0v) is 16.3.